The molecule has 7 nitrogen and oxygen atoms in total. The van der Waals surface area contributed by atoms with Crippen molar-refractivity contribution < 1.29 is 40.5 Å². The number of amides is 1. The molecule has 1 amide bonds. The largest absolute Gasteiger partial charge is 0.534 e. The molecule has 0 saturated carbocycles. The molecule has 0 spiro atoms. The fourth-order valence-corrected chi connectivity index (χ4v) is 2.67. The first kappa shape index (κ1) is 17.1. The number of carbonyl (C=O) groups is 2. The number of aldehydes is 1. The molecule has 0 radical (unpaired) electrons. The summed E-state index contributed by atoms with van der Waals surface area (Å²) in [6.45, 7) is -0.0313. The van der Waals surface area contributed by atoms with E-state index in [0.717, 1.165) is 11.0 Å². The van der Waals surface area contributed by atoms with Gasteiger partial charge in [-0.3, -0.25) is 4.79 Å². The molecule has 1 aliphatic heterocycles. The van der Waals surface area contributed by atoms with Crippen LogP contribution in [0.2, 0.25) is 0 Å². The molecular formula is C12H10F3NO6S. The van der Waals surface area contributed by atoms with Gasteiger partial charge in [-0.1, -0.05) is 6.07 Å². The lowest BCUT2D eigenvalue weighted by molar-refractivity contribution is -0.0500. The highest BCUT2D eigenvalue weighted by Crippen LogP contribution is 2.33. The van der Waals surface area contributed by atoms with E-state index < -0.39 is 27.5 Å². The minimum absolute atomic E-state index is 0.0264. The van der Waals surface area contributed by atoms with E-state index in [0.29, 0.717) is 5.56 Å². The van der Waals surface area contributed by atoms with Gasteiger partial charge >= 0.3 is 21.7 Å². The van der Waals surface area contributed by atoms with Crippen LogP contribution in [0.3, 0.4) is 0 Å². The molecule has 1 aromatic carbocycles. The molecular weight excluding hydrogens is 343 g/mol. The summed E-state index contributed by atoms with van der Waals surface area (Å²) in [5.41, 5.74) is -5.28. The third-order valence-electron chi connectivity index (χ3n) is 3.28. The quantitative estimate of drug-likeness (QED) is 0.505. The highest BCUT2D eigenvalue weighted by molar-refractivity contribution is 7.88. The van der Waals surface area contributed by atoms with Crippen LogP contribution in [0.1, 0.15) is 21.5 Å². The van der Waals surface area contributed by atoms with Gasteiger partial charge in [0, 0.05) is 13.1 Å². The SMILES string of the molecule is O=Cc1c(OS(=O)(=O)C(F)(F)F)ccc2c1CCN(C(=O)O)C2. The lowest BCUT2D eigenvalue weighted by Crippen LogP contribution is -2.35. The van der Waals surface area contributed by atoms with Gasteiger partial charge in [0.15, 0.2) is 12.0 Å². The highest BCUT2D eigenvalue weighted by atomic mass is 32.2. The summed E-state index contributed by atoms with van der Waals surface area (Å²) in [6, 6.07) is 2.13. The van der Waals surface area contributed by atoms with Crippen LogP contribution in [0.4, 0.5) is 18.0 Å². The van der Waals surface area contributed by atoms with Gasteiger partial charge in [-0.2, -0.15) is 21.6 Å². The second-order valence-electron chi connectivity index (χ2n) is 4.67. The smallest absolute Gasteiger partial charge is 0.465 e. The second-order valence-corrected chi connectivity index (χ2v) is 6.21. The topological polar surface area (TPSA) is 101 Å². The lowest BCUT2D eigenvalue weighted by Gasteiger charge is -2.27. The molecule has 23 heavy (non-hydrogen) atoms. The molecule has 0 fully saturated rings. The Bertz CT molecular complexity index is 759. The zero-order chi connectivity index (χ0) is 17.4. The van der Waals surface area contributed by atoms with Crippen molar-refractivity contribution in [1.29, 1.82) is 0 Å². The minimum Gasteiger partial charge on any atom is -0.465 e. The number of hydrogen-bond donors (Lipinski definition) is 1. The number of nitrogens with zero attached hydrogens (tertiary/aromatic N) is 1. The number of carboxylic acid groups (broad SMARTS) is 1. The molecule has 0 saturated heterocycles. The number of benzene rings is 1. The Kier molecular flexibility index (Phi) is 4.24. The van der Waals surface area contributed by atoms with Crippen molar-refractivity contribution in [2.45, 2.75) is 18.5 Å². The first-order chi connectivity index (χ1) is 10.6. The molecule has 0 bridgehead atoms. The van der Waals surface area contributed by atoms with Crippen molar-refractivity contribution in [3.63, 3.8) is 0 Å². The number of fused-ring (bicyclic) bond motifs is 1. The first-order valence-electron chi connectivity index (χ1n) is 6.15. The van der Waals surface area contributed by atoms with E-state index in [2.05, 4.69) is 4.18 Å². The average molecular weight is 353 g/mol. The van der Waals surface area contributed by atoms with Crippen molar-refractivity contribution in [3.8, 4) is 5.75 Å². The molecule has 126 valence electrons. The van der Waals surface area contributed by atoms with Gasteiger partial charge in [0.2, 0.25) is 0 Å². The Morgan fingerprint density at radius 3 is 2.52 bits per heavy atom. The third-order valence-corrected chi connectivity index (χ3v) is 4.24. The van der Waals surface area contributed by atoms with E-state index in [1.54, 1.807) is 0 Å². The van der Waals surface area contributed by atoms with Gasteiger partial charge in [-0.05, 0) is 23.6 Å². The second kappa shape index (κ2) is 5.72. The molecule has 0 aliphatic carbocycles. The maximum atomic E-state index is 12.4. The van der Waals surface area contributed by atoms with E-state index in [4.69, 9.17) is 5.11 Å². The van der Waals surface area contributed by atoms with Crippen LogP contribution in [0.15, 0.2) is 12.1 Å². The molecule has 1 N–H and O–H groups in total. The fourth-order valence-electron chi connectivity index (χ4n) is 2.19. The van der Waals surface area contributed by atoms with Crippen molar-refractivity contribution >= 4 is 22.5 Å². The number of rotatable bonds is 3. The molecule has 2 rings (SSSR count). The zero-order valence-electron chi connectivity index (χ0n) is 11.3. The predicted molar refractivity (Wildman–Crippen MR) is 69.6 cm³/mol. The van der Waals surface area contributed by atoms with Crippen LogP contribution >= 0.6 is 0 Å². The van der Waals surface area contributed by atoms with Crippen LogP contribution in [-0.4, -0.2) is 42.9 Å². The van der Waals surface area contributed by atoms with E-state index in [-0.39, 0.29) is 36.9 Å². The maximum absolute atomic E-state index is 12.4. The number of carbonyl (C=O) groups excluding carboxylic acids is 1. The summed E-state index contributed by atoms with van der Waals surface area (Å²) in [5.74, 6) is -0.736. The average Bonchev–Trinajstić information content (AvgIpc) is 2.44. The summed E-state index contributed by atoms with van der Waals surface area (Å²) < 4.78 is 63.2. The summed E-state index contributed by atoms with van der Waals surface area (Å²) in [7, 11) is -5.90. The number of hydrogen-bond acceptors (Lipinski definition) is 5. The molecule has 0 unspecified atom stereocenters. The number of halogens is 3. The van der Waals surface area contributed by atoms with E-state index in [1.807, 2.05) is 0 Å². The molecule has 1 aliphatic rings. The first-order valence-corrected chi connectivity index (χ1v) is 7.56. The number of alkyl halides is 3. The van der Waals surface area contributed by atoms with Gasteiger partial charge in [0.1, 0.15) is 0 Å². The van der Waals surface area contributed by atoms with Crippen molar-refractivity contribution in [2.24, 2.45) is 0 Å². The van der Waals surface area contributed by atoms with Crippen molar-refractivity contribution in [1.82, 2.24) is 4.90 Å². The Morgan fingerprint density at radius 2 is 2.00 bits per heavy atom. The van der Waals surface area contributed by atoms with Crippen LogP contribution < -0.4 is 4.18 Å². The summed E-state index contributed by atoms with van der Waals surface area (Å²) in [6.07, 6.45) is -0.932. The Morgan fingerprint density at radius 1 is 1.35 bits per heavy atom. The van der Waals surface area contributed by atoms with Crippen molar-refractivity contribution in [2.75, 3.05) is 6.54 Å². The third kappa shape index (κ3) is 3.23. The Balaban J connectivity index is 2.43. The van der Waals surface area contributed by atoms with E-state index in [1.165, 1.54) is 6.07 Å². The normalized spacial score (nSPS) is 15.0. The van der Waals surface area contributed by atoms with E-state index in [9.17, 15) is 31.2 Å². The van der Waals surface area contributed by atoms with Gasteiger partial charge in [-0.25, -0.2) is 4.79 Å². The minimum atomic E-state index is -5.90. The summed E-state index contributed by atoms with van der Waals surface area (Å²) >= 11 is 0. The standard InChI is InChI=1S/C12H10F3NO6S/c13-12(14,15)23(20,21)22-10-2-1-7-5-16(11(18)19)4-3-8(7)9(10)6-17/h1-2,6H,3-5H2,(H,18,19). The van der Waals surface area contributed by atoms with Gasteiger partial charge in [0.25, 0.3) is 0 Å². The predicted octanol–water partition coefficient (Wildman–Crippen LogP) is 1.76. The van der Waals surface area contributed by atoms with Gasteiger partial charge in [0.05, 0.1) is 5.56 Å². The van der Waals surface area contributed by atoms with Crippen LogP contribution in [0, 0.1) is 0 Å². The summed E-state index contributed by atoms with van der Waals surface area (Å²) in [4.78, 5) is 23.1. The van der Waals surface area contributed by atoms with Gasteiger partial charge < -0.3 is 14.2 Å². The molecule has 11 heteroatoms. The van der Waals surface area contributed by atoms with E-state index >= 15 is 0 Å². The van der Waals surface area contributed by atoms with Crippen molar-refractivity contribution in [3.05, 3.63) is 28.8 Å². The Hall–Kier alpha value is -2.30. The highest BCUT2D eigenvalue weighted by Gasteiger charge is 2.49. The molecule has 1 heterocycles. The van der Waals surface area contributed by atoms with Crippen LogP contribution in [0.5, 0.6) is 5.75 Å². The summed E-state index contributed by atoms with van der Waals surface area (Å²) in [5, 5.41) is 8.91. The molecule has 0 atom stereocenters. The maximum Gasteiger partial charge on any atom is 0.534 e. The lowest BCUT2D eigenvalue weighted by atomic mass is 9.94. The van der Waals surface area contributed by atoms with Crippen LogP contribution in [-0.2, 0) is 23.1 Å². The zero-order valence-corrected chi connectivity index (χ0v) is 12.1. The monoisotopic (exact) mass is 353 g/mol. The van der Waals surface area contributed by atoms with Gasteiger partial charge in [-0.15, -0.1) is 0 Å². The fraction of sp³-hybridized carbons (Fsp3) is 0.333. The van der Waals surface area contributed by atoms with Crippen LogP contribution in [0.25, 0.3) is 0 Å². The molecule has 1 aromatic rings. The Labute approximate surface area is 128 Å². The molecule has 0 aromatic heterocycles.